The van der Waals surface area contributed by atoms with Crippen LogP contribution in [0.2, 0.25) is 0 Å². The molecule has 0 spiro atoms. The molecule has 3 rings (SSSR count). The molecule has 1 aromatic heterocycles. The van der Waals surface area contributed by atoms with Gasteiger partial charge in [-0.15, -0.1) is 5.10 Å². The number of rotatable bonds is 4. The van der Waals surface area contributed by atoms with Crippen LogP contribution in [0.15, 0.2) is 48.5 Å². The summed E-state index contributed by atoms with van der Waals surface area (Å²) >= 11 is 0. The summed E-state index contributed by atoms with van der Waals surface area (Å²) < 4.78 is 15.0. The summed E-state index contributed by atoms with van der Waals surface area (Å²) in [4.78, 5) is 12.3. The van der Waals surface area contributed by atoms with Crippen LogP contribution in [0.1, 0.15) is 21.6 Å². The number of benzene rings is 2. The summed E-state index contributed by atoms with van der Waals surface area (Å²) in [6, 6.07) is 14.0. The number of nitrogen functional groups attached to an aromatic ring is 1. The number of nitrogens with two attached hydrogens (primary N) is 1. The lowest BCUT2D eigenvalue weighted by molar-refractivity contribution is 0.102. The number of aromatic nitrogens is 3. The van der Waals surface area contributed by atoms with E-state index in [1.807, 2.05) is 30.3 Å². The first-order valence-electron chi connectivity index (χ1n) is 7.35. The van der Waals surface area contributed by atoms with Crippen molar-refractivity contribution in [2.45, 2.75) is 13.5 Å². The highest BCUT2D eigenvalue weighted by atomic mass is 19.1. The molecule has 0 aliphatic carbocycles. The van der Waals surface area contributed by atoms with E-state index in [4.69, 9.17) is 5.73 Å². The second kappa shape index (κ2) is 6.49. The lowest BCUT2D eigenvalue weighted by Crippen LogP contribution is -2.15. The van der Waals surface area contributed by atoms with Gasteiger partial charge in [-0.05, 0) is 30.2 Å². The number of aryl methyl sites for hydroxylation is 1. The fourth-order valence-corrected chi connectivity index (χ4v) is 2.22. The van der Waals surface area contributed by atoms with Crippen LogP contribution in [0.4, 0.5) is 15.9 Å². The third-order valence-corrected chi connectivity index (χ3v) is 3.59. The van der Waals surface area contributed by atoms with Gasteiger partial charge in [-0.2, -0.15) is 0 Å². The monoisotopic (exact) mass is 325 g/mol. The van der Waals surface area contributed by atoms with Crippen molar-refractivity contribution in [3.8, 4) is 0 Å². The Balaban J connectivity index is 1.77. The van der Waals surface area contributed by atoms with Crippen molar-refractivity contribution in [3.05, 3.63) is 71.2 Å². The second-order valence-corrected chi connectivity index (χ2v) is 5.38. The third kappa shape index (κ3) is 3.24. The van der Waals surface area contributed by atoms with Gasteiger partial charge in [0.2, 0.25) is 0 Å². The Labute approximate surface area is 138 Å². The van der Waals surface area contributed by atoms with Crippen LogP contribution >= 0.6 is 0 Å². The standard InChI is InChI=1S/C17H16FN5O/c1-11-7-8-13(9-14(11)18)20-17(24)15-16(19)23(22-21-15)10-12-5-3-2-4-6-12/h2-9H,10,19H2,1H3,(H,20,24). The van der Waals surface area contributed by atoms with Gasteiger partial charge in [0.1, 0.15) is 5.82 Å². The smallest absolute Gasteiger partial charge is 0.280 e. The molecule has 6 nitrogen and oxygen atoms in total. The molecule has 0 aliphatic heterocycles. The van der Waals surface area contributed by atoms with Crippen LogP contribution in [0, 0.1) is 12.7 Å². The van der Waals surface area contributed by atoms with Gasteiger partial charge in [-0.1, -0.05) is 41.6 Å². The minimum Gasteiger partial charge on any atom is -0.382 e. The zero-order chi connectivity index (χ0) is 17.1. The Morgan fingerprint density at radius 1 is 1.25 bits per heavy atom. The van der Waals surface area contributed by atoms with Gasteiger partial charge >= 0.3 is 0 Å². The van der Waals surface area contributed by atoms with E-state index in [9.17, 15) is 9.18 Å². The maximum absolute atomic E-state index is 13.5. The van der Waals surface area contributed by atoms with Crippen LogP contribution in [-0.4, -0.2) is 20.9 Å². The van der Waals surface area contributed by atoms with Crippen molar-refractivity contribution >= 4 is 17.4 Å². The average molecular weight is 325 g/mol. The summed E-state index contributed by atoms with van der Waals surface area (Å²) in [6.45, 7) is 2.06. The summed E-state index contributed by atoms with van der Waals surface area (Å²) in [5.41, 5.74) is 7.79. The fraction of sp³-hybridized carbons (Fsp3) is 0.118. The molecular weight excluding hydrogens is 309 g/mol. The van der Waals surface area contributed by atoms with Gasteiger partial charge in [0.15, 0.2) is 11.5 Å². The van der Waals surface area contributed by atoms with E-state index in [1.54, 1.807) is 19.1 Å². The SMILES string of the molecule is Cc1ccc(NC(=O)c2nnn(Cc3ccccc3)c2N)cc1F. The highest BCUT2D eigenvalue weighted by molar-refractivity contribution is 6.05. The molecule has 0 atom stereocenters. The highest BCUT2D eigenvalue weighted by Gasteiger charge is 2.18. The van der Waals surface area contributed by atoms with E-state index in [-0.39, 0.29) is 11.5 Å². The first kappa shape index (κ1) is 15.7. The summed E-state index contributed by atoms with van der Waals surface area (Å²) in [5, 5.41) is 10.3. The Morgan fingerprint density at radius 3 is 2.71 bits per heavy atom. The molecule has 1 heterocycles. The van der Waals surface area contributed by atoms with Crippen molar-refractivity contribution in [1.82, 2.24) is 15.0 Å². The lowest BCUT2D eigenvalue weighted by atomic mass is 10.2. The molecule has 0 aliphatic rings. The fourth-order valence-electron chi connectivity index (χ4n) is 2.22. The molecule has 7 heteroatoms. The maximum atomic E-state index is 13.5. The molecule has 0 saturated heterocycles. The average Bonchev–Trinajstić information content (AvgIpc) is 2.93. The van der Waals surface area contributed by atoms with E-state index in [2.05, 4.69) is 15.6 Å². The first-order chi connectivity index (χ1) is 11.5. The molecule has 0 saturated carbocycles. The zero-order valence-electron chi connectivity index (χ0n) is 13.0. The van der Waals surface area contributed by atoms with Crippen LogP contribution in [-0.2, 0) is 6.54 Å². The van der Waals surface area contributed by atoms with Gasteiger partial charge in [0, 0.05) is 5.69 Å². The number of nitrogens with zero attached hydrogens (tertiary/aromatic N) is 3. The van der Waals surface area contributed by atoms with Crippen LogP contribution in [0.25, 0.3) is 0 Å². The molecule has 3 N–H and O–H groups in total. The summed E-state index contributed by atoms with van der Waals surface area (Å²) in [7, 11) is 0. The van der Waals surface area contributed by atoms with E-state index in [0.717, 1.165) is 5.56 Å². The minimum atomic E-state index is -0.532. The van der Waals surface area contributed by atoms with Gasteiger partial charge in [0.25, 0.3) is 5.91 Å². The number of hydrogen-bond donors (Lipinski definition) is 2. The minimum absolute atomic E-state index is 0.00640. The van der Waals surface area contributed by atoms with Crippen molar-refractivity contribution in [2.24, 2.45) is 0 Å². The predicted molar refractivity (Wildman–Crippen MR) is 89.1 cm³/mol. The van der Waals surface area contributed by atoms with E-state index >= 15 is 0 Å². The number of amides is 1. The quantitative estimate of drug-likeness (QED) is 0.772. The van der Waals surface area contributed by atoms with Crippen molar-refractivity contribution in [3.63, 3.8) is 0 Å². The molecular formula is C17H16FN5O. The molecule has 24 heavy (non-hydrogen) atoms. The molecule has 1 amide bonds. The molecule has 0 radical (unpaired) electrons. The topological polar surface area (TPSA) is 85.8 Å². The van der Waals surface area contributed by atoms with Gasteiger partial charge in [0.05, 0.1) is 6.54 Å². The van der Waals surface area contributed by atoms with Crippen LogP contribution in [0.3, 0.4) is 0 Å². The van der Waals surface area contributed by atoms with Gasteiger partial charge in [-0.25, -0.2) is 9.07 Å². The van der Waals surface area contributed by atoms with Gasteiger partial charge < -0.3 is 11.1 Å². The Morgan fingerprint density at radius 2 is 2.00 bits per heavy atom. The molecule has 122 valence electrons. The molecule has 0 fully saturated rings. The summed E-state index contributed by atoms with van der Waals surface area (Å²) in [6.07, 6.45) is 0. The molecule has 0 unspecified atom stereocenters. The van der Waals surface area contributed by atoms with Gasteiger partial charge in [-0.3, -0.25) is 4.79 Å². The van der Waals surface area contributed by atoms with Crippen molar-refractivity contribution in [1.29, 1.82) is 0 Å². The second-order valence-electron chi connectivity index (χ2n) is 5.38. The number of halogens is 1. The maximum Gasteiger partial charge on any atom is 0.280 e. The largest absolute Gasteiger partial charge is 0.382 e. The molecule has 2 aromatic carbocycles. The normalized spacial score (nSPS) is 10.6. The van der Waals surface area contributed by atoms with Crippen molar-refractivity contribution < 1.29 is 9.18 Å². The Bertz CT molecular complexity index is 876. The van der Waals surface area contributed by atoms with Crippen LogP contribution in [0.5, 0.6) is 0 Å². The van der Waals surface area contributed by atoms with Crippen LogP contribution < -0.4 is 11.1 Å². The Kier molecular flexibility index (Phi) is 4.24. The highest BCUT2D eigenvalue weighted by Crippen LogP contribution is 2.16. The first-order valence-corrected chi connectivity index (χ1v) is 7.35. The van der Waals surface area contributed by atoms with E-state index in [0.29, 0.717) is 17.8 Å². The predicted octanol–water partition coefficient (Wildman–Crippen LogP) is 2.61. The van der Waals surface area contributed by atoms with E-state index < -0.39 is 11.7 Å². The third-order valence-electron chi connectivity index (χ3n) is 3.59. The lowest BCUT2D eigenvalue weighted by Gasteiger charge is -2.06. The van der Waals surface area contributed by atoms with Crippen molar-refractivity contribution in [2.75, 3.05) is 11.1 Å². The molecule has 3 aromatic rings. The number of hydrogen-bond acceptors (Lipinski definition) is 4. The number of carbonyl (C=O) groups excluding carboxylic acids is 1. The number of nitrogens with one attached hydrogen (secondary N) is 1. The van der Waals surface area contributed by atoms with E-state index in [1.165, 1.54) is 10.7 Å². The number of carbonyl (C=O) groups is 1. The summed E-state index contributed by atoms with van der Waals surface area (Å²) in [5.74, 6) is -0.771. The number of anilines is 2. The molecule has 0 bridgehead atoms. The zero-order valence-corrected chi connectivity index (χ0v) is 13.0. The Hall–Kier alpha value is -3.22.